The first kappa shape index (κ1) is 11.4. The van der Waals surface area contributed by atoms with Crippen LogP contribution in [0.15, 0.2) is 18.2 Å². The molecule has 78 valence electrons. The van der Waals surface area contributed by atoms with Gasteiger partial charge in [0.1, 0.15) is 0 Å². The van der Waals surface area contributed by atoms with Gasteiger partial charge in [0.05, 0.1) is 0 Å². The Balaban J connectivity index is 2.79. The molecule has 0 saturated heterocycles. The van der Waals surface area contributed by atoms with Crippen molar-refractivity contribution in [2.24, 2.45) is 0 Å². The number of nitrogens with one attached hydrogen (secondary N) is 1. The van der Waals surface area contributed by atoms with Crippen molar-refractivity contribution < 1.29 is 0 Å². The molecule has 1 aromatic carbocycles. The maximum atomic E-state index is 5.95. The van der Waals surface area contributed by atoms with Crippen molar-refractivity contribution in [1.29, 1.82) is 0 Å². The largest absolute Gasteiger partial charge is 0.382 e. The minimum Gasteiger partial charge on any atom is -0.382 e. The number of rotatable bonds is 4. The Labute approximate surface area is 91.5 Å². The minimum atomic E-state index is 0.548. The number of benzene rings is 1. The molecule has 0 atom stereocenters. The van der Waals surface area contributed by atoms with Gasteiger partial charge >= 0.3 is 0 Å². The lowest BCUT2D eigenvalue weighted by atomic mass is 10.1. The van der Waals surface area contributed by atoms with Gasteiger partial charge in [0.15, 0.2) is 0 Å². The van der Waals surface area contributed by atoms with E-state index in [0.29, 0.717) is 6.04 Å². The summed E-state index contributed by atoms with van der Waals surface area (Å²) < 4.78 is 0. The number of hydrogen-bond donors (Lipinski definition) is 1. The van der Waals surface area contributed by atoms with E-state index in [1.807, 2.05) is 18.2 Å². The summed E-state index contributed by atoms with van der Waals surface area (Å²) in [6, 6.07) is 6.52. The molecule has 0 fully saturated rings. The molecule has 0 amide bonds. The molecular weight excluding hydrogens is 194 g/mol. The summed E-state index contributed by atoms with van der Waals surface area (Å²) in [6.07, 6.45) is 2.28. The molecule has 0 unspecified atom stereocenters. The van der Waals surface area contributed by atoms with Crippen LogP contribution in [0.3, 0.4) is 0 Å². The Bertz CT molecular complexity index is 292. The average molecular weight is 212 g/mol. The summed E-state index contributed by atoms with van der Waals surface area (Å²) >= 11 is 5.95. The Morgan fingerprint density at radius 1 is 1.29 bits per heavy atom. The number of aryl methyl sites for hydroxylation is 1. The van der Waals surface area contributed by atoms with Crippen molar-refractivity contribution in [3.63, 3.8) is 0 Å². The van der Waals surface area contributed by atoms with Gasteiger partial charge in [-0.1, -0.05) is 31.5 Å². The van der Waals surface area contributed by atoms with E-state index in [1.54, 1.807) is 0 Å². The van der Waals surface area contributed by atoms with E-state index in [0.717, 1.165) is 23.6 Å². The fraction of sp³-hybridized carbons (Fsp3) is 0.500. The molecule has 1 N–H and O–H groups in total. The van der Waals surface area contributed by atoms with Gasteiger partial charge in [-0.15, -0.1) is 0 Å². The predicted octanol–water partition coefficient (Wildman–Crippen LogP) is 4.25. The second-order valence-corrected chi connectivity index (χ2v) is 4.05. The molecule has 0 aliphatic carbocycles. The first-order chi connectivity index (χ1) is 6.67. The molecule has 0 aliphatic heterocycles. The van der Waals surface area contributed by atoms with Crippen molar-refractivity contribution in [3.8, 4) is 0 Å². The highest BCUT2D eigenvalue weighted by atomic mass is 35.5. The van der Waals surface area contributed by atoms with Gasteiger partial charge < -0.3 is 5.32 Å². The smallest absolute Gasteiger partial charge is 0.0426 e. The van der Waals surface area contributed by atoms with E-state index in [1.165, 1.54) is 5.56 Å². The number of hydrogen-bond acceptors (Lipinski definition) is 1. The van der Waals surface area contributed by atoms with Gasteiger partial charge in [0.25, 0.3) is 0 Å². The standard InChI is InChI=1S/C12H18ClN/c1-4-11(5-2)14-12-8-10(13)7-6-9(12)3/h6-8,11,14H,4-5H2,1-3H3. The Kier molecular flexibility index (Phi) is 4.27. The van der Waals surface area contributed by atoms with E-state index in [9.17, 15) is 0 Å². The zero-order valence-electron chi connectivity index (χ0n) is 9.10. The van der Waals surface area contributed by atoms with Gasteiger partial charge in [-0.25, -0.2) is 0 Å². The van der Waals surface area contributed by atoms with E-state index >= 15 is 0 Å². The molecule has 1 rings (SSSR count). The first-order valence-corrected chi connectivity index (χ1v) is 5.57. The maximum absolute atomic E-state index is 5.95. The van der Waals surface area contributed by atoms with Gasteiger partial charge in [0, 0.05) is 16.8 Å². The summed E-state index contributed by atoms with van der Waals surface area (Å²) in [5, 5.41) is 4.30. The van der Waals surface area contributed by atoms with E-state index in [2.05, 4.69) is 26.1 Å². The Morgan fingerprint density at radius 2 is 1.93 bits per heavy atom. The zero-order valence-corrected chi connectivity index (χ0v) is 9.86. The van der Waals surface area contributed by atoms with Crippen LogP contribution in [0.1, 0.15) is 32.3 Å². The predicted molar refractivity (Wildman–Crippen MR) is 64.2 cm³/mol. The summed E-state index contributed by atoms with van der Waals surface area (Å²) in [5.41, 5.74) is 2.41. The third kappa shape index (κ3) is 2.91. The van der Waals surface area contributed by atoms with E-state index < -0.39 is 0 Å². The third-order valence-corrected chi connectivity index (χ3v) is 2.78. The summed E-state index contributed by atoms with van der Waals surface area (Å²) in [6.45, 7) is 6.49. The topological polar surface area (TPSA) is 12.0 Å². The molecule has 1 nitrogen and oxygen atoms in total. The van der Waals surface area contributed by atoms with Crippen molar-refractivity contribution in [3.05, 3.63) is 28.8 Å². The molecule has 0 radical (unpaired) electrons. The van der Waals surface area contributed by atoms with Gasteiger partial charge in [-0.05, 0) is 37.5 Å². The van der Waals surface area contributed by atoms with Crippen molar-refractivity contribution >= 4 is 17.3 Å². The molecule has 0 aliphatic rings. The molecule has 0 heterocycles. The minimum absolute atomic E-state index is 0.548. The lowest BCUT2D eigenvalue weighted by molar-refractivity contribution is 0.671. The van der Waals surface area contributed by atoms with Crippen LogP contribution < -0.4 is 5.32 Å². The van der Waals surface area contributed by atoms with Crippen LogP contribution in [0.5, 0.6) is 0 Å². The highest BCUT2D eigenvalue weighted by Crippen LogP contribution is 2.21. The molecular formula is C12H18ClN. The molecule has 1 aromatic rings. The second-order valence-electron chi connectivity index (χ2n) is 3.62. The molecule has 2 heteroatoms. The molecule has 0 aromatic heterocycles. The van der Waals surface area contributed by atoms with Gasteiger partial charge in [-0.2, -0.15) is 0 Å². The lowest BCUT2D eigenvalue weighted by Crippen LogP contribution is -2.17. The van der Waals surface area contributed by atoms with Crippen LogP contribution in [0.4, 0.5) is 5.69 Å². The maximum Gasteiger partial charge on any atom is 0.0426 e. The highest BCUT2D eigenvalue weighted by molar-refractivity contribution is 6.30. The van der Waals surface area contributed by atoms with Crippen LogP contribution in [-0.2, 0) is 0 Å². The number of halogens is 1. The van der Waals surface area contributed by atoms with Crippen molar-refractivity contribution in [1.82, 2.24) is 0 Å². The molecule has 0 bridgehead atoms. The third-order valence-electron chi connectivity index (χ3n) is 2.54. The fourth-order valence-corrected chi connectivity index (χ4v) is 1.63. The number of anilines is 1. The second kappa shape index (κ2) is 5.26. The fourth-order valence-electron chi connectivity index (χ4n) is 1.46. The quantitative estimate of drug-likeness (QED) is 0.785. The lowest BCUT2D eigenvalue weighted by Gasteiger charge is -2.18. The SMILES string of the molecule is CCC(CC)Nc1cc(Cl)ccc1C. The van der Waals surface area contributed by atoms with Crippen LogP contribution >= 0.6 is 11.6 Å². The first-order valence-electron chi connectivity index (χ1n) is 5.20. The Morgan fingerprint density at radius 3 is 2.50 bits per heavy atom. The van der Waals surface area contributed by atoms with Crippen molar-refractivity contribution in [2.45, 2.75) is 39.7 Å². The van der Waals surface area contributed by atoms with Crippen LogP contribution in [-0.4, -0.2) is 6.04 Å². The van der Waals surface area contributed by atoms with Gasteiger partial charge in [-0.3, -0.25) is 0 Å². The molecule has 0 saturated carbocycles. The van der Waals surface area contributed by atoms with Crippen LogP contribution in [0.25, 0.3) is 0 Å². The normalized spacial score (nSPS) is 10.6. The zero-order chi connectivity index (χ0) is 10.6. The highest BCUT2D eigenvalue weighted by Gasteiger charge is 2.05. The summed E-state index contributed by atoms with van der Waals surface area (Å²) in [4.78, 5) is 0. The molecule has 0 spiro atoms. The molecule has 14 heavy (non-hydrogen) atoms. The van der Waals surface area contributed by atoms with E-state index in [4.69, 9.17) is 11.6 Å². The van der Waals surface area contributed by atoms with Crippen LogP contribution in [0.2, 0.25) is 5.02 Å². The van der Waals surface area contributed by atoms with Crippen molar-refractivity contribution in [2.75, 3.05) is 5.32 Å². The summed E-state index contributed by atoms with van der Waals surface area (Å²) in [7, 11) is 0. The Hall–Kier alpha value is -0.690. The van der Waals surface area contributed by atoms with Crippen LogP contribution in [0, 0.1) is 6.92 Å². The summed E-state index contributed by atoms with van der Waals surface area (Å²) in [5.74, 6) is 0. The average Bonchev–Trinajstić information content (AvgIpc) is 2.19. The van der Waals surface area contributed by atoms with E-state index in [-0.39, 0.29) is 0 Å². The van der Waals surface area contributed by atoms with Gasteiger partial charge in [0.2, 0.25) is 0 Å². The monoisotopic (exact) mass is 211 g/mol.